The van der Waals surface area contributed by atoms with Gasteiger partial charge in [-0.3, -0.25) is 14.4 Å². The Kier molecular flexibility index (Phi) is 5.78. The molecule has 0 saturated carbocycles. The Morgan fingerprint density at radius 2 is 1.86 bits per heavy atom. The first-order valence-electron chi connectivity index (χ1n) is 9.25. The zero-order valence-corrected chi connectivity index (χ0v) is 16.4. The van der Waals surface area contributed by atoms with Crippen LogP contribution in [0.1, 0.15) is 33.5 Å². The Morgan fingerprint density at radius 3 is 2.57 bits per heavy atom. The minimum atomic E-state index is -0.267. The highest BCUT2D eigenvalue weighted by Crippen LogP contribution is 2.28. The van der Waals surface area contributed by atoms with Gasteiger partial charge in [0.15, 0.2) is 12.4 Å². The molecule has 6 heteroatoms. The third kappa shape index (κ3) is 4.22. The van der Waals surface area contributed by atoms with Crippen LogP contribution in [0.25, 0.3) is 0 Å². The summed E-state index contributed by atoms with van der Waals surface area (Å²) in [6.45, 7) is 4.01. The summed E-state index contributed by atoms with van der Waals surface area (Å²) in [7, 11) is 1.73. The van der Waals surface area contributed by atoms with Crippen LogP contribution in [0.2, 0.25) is 0 Å². The van der Waals surface area contributed by atoms with Gasteiger partial charge in [0.05, 0.1) is 6.42 Å². The molecule has 1 aliphatic rings. The third-order valence-electron chi connectivity index (χ3n) is 4.91. The quantitative estimate of drug-likeness (QED) is 0.749. The highest BCUT2D eigenvalue weighted by Gasteiger charge is 2.24. The lowest BCUT2D eigenvalue weighted by atomic mass is 10.0. The molecule has 146 valence electrons. The van der Waals surface area contributed by atoms with Crippen molar-refractivity contribution in [2.45, 2.75) is 26.7 Å². The molecule has 2 amide bonds. The molecule has 0 aliphatic carbocycles. The van der Waals surface area contributed by atoms with Gasteiger partial charge in [0.1, 0.15) is 5.75 Å². The third-order valence-corrected chi connectivity index (χ3v) is 4.91. The molecule has 2 aromatic rings. The van der Waals surface area contributed by atoms with Crippen molar-refractivity contribution in [1.29, 1.82) is 0 Å². The second-order valence-corrected chi connectivity index (χ2v) is 7.01. The molecule has 3 rings (SSSR count). The van der Waals surface area contributed by atoms with Crippen molar-refractivity contribution < 1.29 is 19.1 Å². The fraction of sp³-hybridized carbons (Fsp3) is 0.318. The van der Waals surface area contributed by atoms with Gasteiger partial charge < -0.3 is 15.0 Å². The van der Waals surface area contributed by atoms with Crippen molar-refractivity contribution in [2.24, 2.45) is 0 Å². The van der Waals surface area contributed by atoms with Crippen LogP contribution in [0.5, 0.6) is 5.75 Å². The molecule has 0 bridgehead atoms. The summed E-state index contributed by atoms with van der Waals surface area (Å²) in [5, 5.41) is 2.71. The molecule has 0 unspecified atom stereocenters. The second kappa shape index (κ2) is 8.25. The molecule has 1 heterocycles. The van der Waals surface area contributed by atoms with Gasteiger partial charge in [0, 0.05) is 31.3 Å². The lowest BCUT2D eigenvalue weighted by molar-refractivity contribution is -0.123. The van der Waals surface area contributed by atoms with Gasteiger partial charge in [-0.05, 0) is 48.7 Å². The first-order valence-corrected chi connectivity index (χ1v) is 9.25. The predicted octanol–water partition coefficient (Wildman–Crippen LogP) is 2.59. The van der Waals surface area contributed by atoms with Crippen molar-refractivity contribution in [3.8, 4) is 5.75 Å². The Morgan fingerprint density at radius 1 is 1.14 bits per heavy atom. The maximum atomic E-state index is 12.4. The van der Waals surface area contributed by atoms with E-state index in [0.29, 0.717) is 17.7 Å². The molecule has 0 aromatic heterocycles. The lowest BCUT2D eigenvalue weighted by Crippen LogP contribution is -2.31. The molecule has 0 atom stereocenters. The van der Waals surface area contributed by atoms with Crippen LogP contribution in [0.15, 0.2) is 36.4 Å². The standard InChI is InChI=1S/C22H24N2O4/c1-14-5-4-6-15(2)22(14)28-13-20(26)23-10-9-19(25)16-7-8-18-17(11-16)12-21(27)24(18)3/h4-8,11H,9-10,12-13H2,1-3H3,(H,23,26). The number of para-hydroxylation sites is 1. The van der Waals surface area contributed by atoms with Crippen LogP contribution < -0.4 is 15.0 Å². The predicted molar refractivity (Wildman–Crippen MR) is 107 cm³/mol. The minimum Gasteiger partial charge on any atom is -0.483 e. The number of carbonyl (C=O) groups excluding carboxylic acids is 3. The molecule has 1 N–H and O–H groups in total. The lowest BCUT2D eigenvalue weighted by Gasteiger charge is -2.12. The minimum absolute atomic E-state index is 0.0238. The van der Waals surface area contributed by atoms with E-state index in [1.54, 1.807) is 30.1 Å². The summed E-state index contributed by atoms with van der Waals surface area (Å²) in [5.41, 5.74) is 4.22. The molecule has 0 saturated heterocycles. The van der Waals surface area contributed by atoms with Crippen LogP contribution >= 0.6 is 0 Å². The van der Waals surface area contributed by atoms with Gasteiger partial charge >= 0.3 is 0 Å². The molecule has 28 heavy (non-hydrogen) atoms. The Bertz CT molecular complexity index is 916. The number of carbonyl (C=O) groups is 3. The molecule has 0 radical (unpaired) electrons. The van der Waals surface area contributed by atoms with Crippen molar-refractivity contribution in [2.75, 3.05) is 25.1 Å². The summed E-state index contributed by atoms with van der Waals surface area (Å²) < 4.78 is 5.61. The van der Waals surface area contributed by atoms with E-state index in [4.69, 9.17) is 4.74 Å². The summed E-state index contributed by atoms with van der Waals surface area (Å²) >= 11 is 0. The number of likely N-dealkylation sites (N-methyl/N-ethyl adjacent to an activating group) is 1. The number of nitrogens with zero attached hydrogens (tertiary/aromatic N) is 1. The number of amides is 2. The van der Waals surface area contributed by atoms with E-state index < -0.39 is 0 Å². The number of nitrogens with one attached hydrogen (secondary N) is 1. The maximum absolute atomic E-state index is 12.4. The van der Waals surface area contributed by atoms with Crippen LogP contribution in [0.3, 0.4) is 0 Å². The molecule has 2 aromatic carbocycles. The smallest absolute Gasteiger partial charge is 0.257 e. The van der Waals surface area contributed by atoms with Crippen molar-refractivity contribution in [1.82, 2.24) is 5.32 Å². The first-order chi connectivity index (χ1) is 13.4. The molecular weight excluding hydrogens is 356 g/mol. The van der Waals surface area contributed by atoms with Gasteiger partial charge in [-0.25, -0.2) is 0 Å². The van der Waals surface area contributed by atoms with Crippen molar-refractivity contribution in [3.05, 3.63) is 58.7 Å². The monoisotopic (exact) mass is 380 g/mol. The number of Topliss-reactive ketones (excluding diaryl/α,β-unsaturated/α-hetero) is 1. The Balaban J connectivity index is 1.47. The fourth-order valence-corrected chi connectivity index (χ4v) is 3.32. The van der Waals surface area contributed by atoms with E-state index >= 15 is 0 Å². The molecule has 0 spiro atoms. The average molecular weight is 380 g/mol. The van der Waals surface area contributed by atoms with Gasteiger partial charge in [0.25, 0.3) is 5.91 Å². The zero-order chi connectivity index (χ0) is 20.3. The SMILES string of the molecule is Cc1cccc(C)c1OCC(=O)NCCC(=O)c1ccc2c(c1)CC(=O)N2C. The van der Waals surface area contributed by atoms with Crippen LogP contribution in [0.4, 0.5) is 5.69 Å². The zero-order valence-electron chi connectivity index (χ0n) is 16.4. The number of aryl methyl sites for hydroxylation is 2. The number of hydrogen-bond donors (Lipinski definition) is 1. The topological polar surface area (TPSA) is 75.7 Å². The maximum Gasteiger partial charge on any atom is 0.257 e. The van der Waals surface area contributed by atoms with E-state index in [1.807, 2.05) is 32.0 Å². The molecule has 0 fully saturated rings. The van der Waals surface area contributed by atoms with Gasteiger partial charge in [-0.15, -0.1) is 0 Å². The number of fused-ring (bicyclic) bond motifs is 1. The van der Waals surface area contributed by atoms with Crippen LogP contribution in [-0.2, 0) is 16.0 Å². The normalized spacial score (nSPS) is 12.7. The van der Waals surface area contributed by atoms with Gasteiger partial charge in [0.2, 0.25) is 5.91 Å². The number of benzene rings is 2. The van der Waals surface area contributed by atoms with Crippen LogP contribution in [0, 0.1) is 13.8 Å². The average Bonchev–Trinajstić information content (AvgIpc) is 2.94. The van der Waals surface area contributed by atoms with E-state index in [-0.39, 0.29) is 37.2 Å². The second-order valence-electron chi connectivity index (χ2n) is 7.01. The van der Waals surface area contributed by atoms with Gasteiger partial charge in [-0.1, -0.05) is 18.2 Å². The van der Waals surface area contributed by atoms with Gasteiger partial charge in [-0.2, -0.15) is 0 Å². The van der Waals surface area contributed by atoms with E-state index in [9.17, 15) is 14.4 Å². The highest BCUT2D eigenvalue weighted by atomic mass is 16.5. The first kappa shape index (κ1) is 19.6. The number of ether oxygens (including phenoxy) is 1. The summed E-state index contributed by atoms with van der Waals surface area (Å²) in [6.07, 6.45) is 0.511. The number of ketones is 1. The number of anilines is 1. The number of hydrogen-bond acceptors (Lipinski definition) is 4. The summed E-state index contributed by atoms with van der Waals surface area (Å²) in [5.74, 6) is 0.402. The largest absolute Gasteiger partial charge is 0.483 e. The molecular formula is C22H24N2O4. The molecule has 6 nitrogen and oxygen atoms in total. The van der Waals surface area contributed by atoms with Crippen molar-refractivity contribution >= 4 is 23.3 Å². The van der Waals surface area contributed by atoms with Crippen LogP contribution in [-0.4, -0.2) is 37.8 Å². The Hall–Kier alpha value is -3.15. The van der Waals surface area contributed by atoms with E-state index in [1.165, 1.54) is 0 Å². The summed E-state index contributed by atoms with van der Waals surface area (Å²) in [4.78, 5) is 37.7. The summed E-state index contributed by atoms with van der Waals surface area (Å²) in [6, 6.07) is 11.1. The van der Waals surface area contributed by atoms with Crippen molar-refractivity contribution in [3.63, 3.8) is 0 Å². The molecule has 1 aliphatic heterocycles. The highest BCUT2D eigenvalue weighted by molar-refractivity contribution is 6.03. The van der Waals surface area contributed by atoms with E-state index in [0.717, 1.165) is 22.4 Å². The number of rotatable bonds is 7. The van der Waals surface area contributed by atoms with E-state index in [2.05, 4.69) is 5.32 Å². The Labute approximate surface area is 164 Å². The fourth-order valence-electron chi connectivity index (χ4n) is 3.32.